The van der Waals surface area contributed by atoms with Crippen molar-refractivity contribution in [2.24, 2.45) is 0 Å². The van der Waals surface area contributed by atoms with Crippen LogP contribution in [0.4, 0.5) is 0 Å². The van der Waals surface area contributed by atoms with Gasteiger partial charge in [-0.05, 0) is 18.4 Å². The van der Waals surface area contributed by atoms with Gasteiger partial charge < -0.3 is 10.1 Å². The summed E-state index contributed by atoms with van der Waals surface area (Å²) in [4.78, 5) is 23.2. The van der Waals surface area contributed by atoms with Gasteiger partial charge in [-0.2, -0.15) is 0 Å². The third-order valence-corrected chi connectivity index (χ3v) is 5.19. The molecule has 1 aliphatic rings. The van der Waals surface area contributed by atoms with E-state index in [0.717, 1.165) is 5.56 Å². The average molecular weight is 325 g/mol. The van der Waals surface area contributed by atoms with Crippen LogP contribution in [-0.2, 0) is 30.6 Å². The van der Waals surface area contributed by atoms with Gasteiger partial charge in [0.25, 0.3) is 5.91 Å². The minimum atomic E-state index is -3.03. The number of sulfone groups is 1. The zero-order valence-corrected chi connectivity index (χ0v) is 13.0. The third-order valence-electron chi connectivity index (χ3n) is 3.42. The molecule has 1 aromatic rings. The van der Waals surface area contributed by atoms with Gasteiger partial charge >= 0.3 is 5.97 Å². The van der Waals surface area contributed by atoms with E-state index in [0.29, 0.717) is 12.8 Å². The monoisotopic (exact) mass is 325 g/mol. The molecule has 1 saturated heterocycles. The Morgan fingerprint density at radius 1 is 1.23 bits per heavy atom. The van der Waals surface area contributed by atoms with Crippen molar-refractivity contribution < 1.29 is 22.7 Å². The summed E-state index contributed by atoms with van der Waals surface area (Å²) in [5, 5.41) is 2.57. The standard InChI is InChI=1S/C15H19NO5S/c17-14(16-13-8-9-22(19,20)11-13)10-21-15(18)7-6-12-4-2-1-3-5-12/h1-5,13H,6-11H2,(H,16,17)/t13-/m0/s1. The van der Waals surface area contributed by atoms with Crippen molar-refractivity contribution in [3.63, 3.8) is 0 Å². The van der Waals surface area contributed by atoms with Crippen molar-refractivity contribution in [2.45, 2.75) is 25.3 Å². The van der Waals surface area contributed by atoms with Crippen LogP contribution in [-0.4, -0.2) is 44.4 Å². The Hall–Kier alpha value is -1.89. The summed E-state index contributed by atoms with van der Waals surface area (Å²) in [6, 6.07) is 9.14. The molecular weight excluding hydrogens is 306 g/mol. The third kappa shape index (κ3) is 5.48. The van der Waals surface area contributed by atoms with E-state index in [2.05, 4.69) is 5.32 Å². The lowest BCUT2D eigenvalue weighted by atomic mass is 10.1. The van der Waals surface area contributed by atoms with E-state index in [-0.39, 0.29) is 30.6 Å². The van der Waals surface area contributed by atoms with Crippen LogP contribution in [0.25, 0.3) is 0 Å². The van der Waals surface area contributed by atoms with E-state index in [1.807, 2.05) is 30.3 Å². The van der Waals surface area contributed by atoms with Gasteiger partial charge in [-0.25, -0.2) is 8.42 Å². The Morgan fingerprint density at radius 2 is 1.95 bits per heavy atom. The second kappa shape index (κ2) is 7.40. The summed E-state index contributed by atoms with van der Waals surface area (Å²) < 4.78 is 27.4. The van der Waals surface area contributed by atoms with Gasteiger partial charge in [-0.15, -0.1) is 0 Å². The SMILES string of the molecule is O=C(COC(=O)CCc1ccccc1)N[C@H]1CCS(=O)(=O)C1. The molecule has 0 bridgehead atoms. The number of benzene rings is 1. The summed E-state index contributed by atoms with van der Waals surface area (Å²) in [6.07, 6.45) is 1.17. The lowest BCUT2D eigenvalue weighted by Crippen LogP contribution is -2.38. The van der Waals surface area contributed by atoms with Crippen LogP contribution in [0.1, 0.15) is 18.4 Å². The fraction of sp³-hybridized carbons (Fsp3) is 0.467. The van der Waals surface area contributed by atoms with Gasteiger partial charge in [-0.3, -0.25) is 9.59 Å². The Balaban J connectivity index is 1.65. The minimum Gasteiger partial charge on any atom is -0.456 e. The Labute approximate surface area is 129 Å². The van der Waals surface area contributed by atoms with E-state index < -0.39 is 21.7 Å². The molecular formula is C15H19NO5S. The van der Waals surface area contributed by atoms with Gasteiger partial charge in [0.2, 0.25) is 0 Å². The Kier molecular flexibility index (Phi) is 5.54. The molecule has 0 aliphatic carbocycles. The van der Waals surface area contributed by atoms with Crippen molar-refractivity contribution in [1.82, 2.24) is 5.32 Å². The number of hydrogen-bond donors (Lipinski definition) is 1. The van der Waals surface area contributed by atoms with Crippen molar-refractivity contribution in [1.29, 1.82) is 0 Å². The van der Waals surface area contributed by atoms with Crippen molar-refractivity contribution in [3.8, 4) is 0 Å². The van der Waals surface area contributed by atoms with Crippen LogP contribution in [0.2, 0.25) is 0 Å². The molecule has 1 aromatic carbocycles. The number of esters is 1. The second-order valence-corrected chi connectivity index (χ2v) is 7.54. The number of carbonyl (C=O) groups is 2. The molecule has 22 heavy (non-hydrogen) atoms. The Bertz CT molecular complexity index is 627. The second-order valence-electron chi connectivity index (χ2n) is 5.31. The lowest BCUT2D eigenvalue weighted by molar-refractivity contribution is -0.148. The predicted molar refractivity (Wildman–Crippen MR) is 80.9 cm³/mol. The summed E-state index contributed by atoms with van der Waals surface area (Å²) >= 11 is 0. The van der Waals surface area contributed by atoms with E-state index in [1.165, 1.54) is 0 Å². The molecule has 1 atom stereocenters. The molecule has 0 aromatic heterocycles. The van der Waals surface area contributed by atoms with E-state index in [4.69, 9.17) is 4.74 Å². The highest BCUT2D eigenvalue weighted by molar-refractivity contribution is 7.91. The maximum atomic E-state index is 11.6. The number of rotatable bonds is 6. The molecule has 120 valence electrons. The number of aryl methyl sites for hydroxylation is 1. The average Bonchev–Trinajstić information content (AvgIpc) is 2.83. The van der Waals surface area contributed by atoms with Crippen LogP contribution in [0, 0.1) is 0 Å². The number of ether oxygens (including phenoxy) is 1. The zero-order valence-electron chi connectivity index (χ0n) is 12.2. The van der Waals surface area contributed by atoms with Gasteiger partial charge in [0.1, 0.15) is 0 Å². The van der Waals surface area contributed by atoms with Crippen LogP contribution >= 0.6 is 0 Å². The molecule has 6 nitrogen and oxygen atoms in total. The number of amides is 1. The molecule has 0 spiro atoms. The number of hydrogen-bond acceptors (Lipinski definition) is 5. The molecule has 1 amide bonds. The van der Waals surface area contributed by atoms with E-state index in [1.54, 1.807) is 0 Å². The molecule has 7 heteroatoms. The zero-order chi connectivity index (χ0) is 16.0. The van der Waals surface area contributed by atoms with E-state index >= 15 is 0 Å². The quantitative estimate of drug-likeness (QED) is 0.768. The fourth-order valence-corrected chi connectivity index (χ4v) is 3.96. The molecule has 0 saturated carbocycles. The molecule has 2 rings (SSSR count). The molecule has 0 unspecified atom stereocenters. The highest BCUT2D eigenvalue weighted by atomic mass is 32.2. The molecule has 1 N–H and O–H groups in total. The first kappa shape index (κ1) is 16.5. The molecule has 1 aliphatic heterocycles. The number of nitrogens with one attached hydrogen (secondary N) is 1. The maximum Gasteiger partial charge on any atom is 0.306 e. The molecule has 1 fully saturated rings. The topological polar surface area (TPSA) is 89.5 Å². The van der Waals surface area contributed by atoms with Crippen LogP contribution in [0.15, 0.2) is 30.3 Å². The van der Waals surface area contributed by atoms with E-state index in [9.17, 15) is 18.0 Å². The summed E-state index contributed by atoms with van der Waals surface area (Å²) in [6.45, 7) is -0.371. The predicted octanol–water partition coefficient (Wildman–Crippen LogP) is 0.466. The van der Waals surface area contributed by atoms with Gasteiger partial charge in [-0.1, -0.05) is 30.3 Å². The number of carbonyl (C=O) groups excluding carboxylic acids is 2. The first-order valence-corrected chi connectivity index (χ1v) is 8.96. The van der Waals surface area contributed by atoms with Crippen molar-refractivity contribution >= 4 is 21.7 Å². The lowest BCUT2D eigenvalue weighted by Gasteiger charge is -2.11. The highest BCUT2D eigenvalue weighted by Gasteiger charge is 2.28. The van der Waals surface area contributed by atoms with Crippen molar-refractivity contribution in [2.75, 3.05) is 18.1 Å². The Morgan fingerprint density at radius 3 is 2.59 bits per heavy atom. The van der Waals surface area contributed by atoms with Crippen LogP contribution < -0.4 is 5.32 Å². The minimum absolute atomic E-state index is 0.0410. The molecule has 0 radical (unpaired) electrons. The fourth-order valence-electron chi connectivity index (χ4n) is 2.29. The largest absolute Gasteiger partial charge is 0.456 e. The first-order chi connectivity index (χ1) is 10.4. The smallest absolute Gasteiger partial charge is 0.306 e. The van der Waals surface area contributed by atoms with Gasteiger partial charge in [0, 0.05) is 12.5 Å². The normalized spacial score (nSPS) is 19.5. The van der Waals surface area contributed by atoms with Crippen molar-refractivity contribution in [3.05, 3.63) is 35.9 Å². The summed E-state index contributed by atoms with van der Waals surface area (Å²) in [5.41, 5.74) is 1.03. The first-order valence-electron chi connectivity index (χ1n) is 7.14. The van der Waals surface area contributed by atoms with Gasteiger partial charge in [0.15, 0.2) is 16.4 Å². The molecule has 1 heterocycles. The highest BCUT2D eigenvalue weighted by Crippen LogP contribution is 2.11. The van der Waals surface area contributed by atoms with Crippen LogP contribution in [0.5, 0.6) is 0 Å². The van der Waals surface area contributed by atoms with Gasteiger partial charge in [0.05, 0.1) is 11.5 Å². The summed E-state index contributed by atoms with van der Waals surface area (Å²) in [5.74, 6) is -0.858. The maximum absolute atomic E-state index is 11.6. The summed E-state index contributed by atoms with van der Waals surface area (Å²) in [7, 11) is -3.03. The van der Waals surface area contributed by atoms with Crippen LogP contribution in [0.3, 0.4) is 0 Å².